The highest BCUT2D eigenvalue weighted by molar-refractivity contribution is 9.52. The third kappa shape index (κ3) is 123. The fourth-order valence-corrected chi connectivity index (χ4v) is 0. The molecule has 0 aromatic heterocycles. The maximum Gasteiger partial charge on any atom is 0.189 e. The van der Waals surface area contributed by atoms with Gasteiger partial charge in [-0.2, -0.15) is 0 Å². The van der Waals surface area contributed by atoms with Gasteiger partial charge in [0.1, 0.15) is 0 Å². The van der Waals surface area contributed by atoms with Crippen molar-refractivity contribution in [2.24, 2.45) is 0 Å². The number of hydrogen-bond donors (Lipinski definition) is 0. The Morgan fingerprint density at radius 3 is 1.25 bits per heavy atom. The lowest BCUT2D eigenvalue weighted by Crippen LogP contribution is -1.75. The van der Waals surface area contributed by atoms with E-state index in [1.807, 2.05) is 6.92 Å². The monoisotopic (exact) mass is 370 g/mol. The molecule has 0 spiro atoms. The second-order valence-electron chi connectivity index (χ2n) is 0.837. The summed E-state index contributed by atoms with van der Waals surface area (Å²) in [6.07, 6.45) is 1.75. The topological polar surface area (TPSA) is 0 Å². The van der Waals surface area contributed by atoms with E-state index >= 15 is 0 Å². The van der Waals surface area contributed by atoms with Gasteiger partial charge in [-0.1, -0.05) is 6.08 Å². The summed E-state index contributed by atoms with van der Waals surface area (Å²) in [5.74, 6) is 0. The Bertz CT molecular complexity index is 47.5. The van der Waals surface area contributed by atoms with Gasteiger partial charge in [0.15, 0.2) is 1.05 Å². The predicted molar refractivity (Wildman–Crippen MR) is 54.3 cm³/mol. The van der Waals surface area contributed by atoms with E-state index in [1.165, 1.54) is 0 Å². The van der Waals surface area contributed by atoms with Gasteiger partial charge >= 0.3 is 0 Å². The third-order valence-electron chi connectivity index (χ3n) is 0. The van der Waals surface area contributed by atoms with Crippen molar-refractivity contribution in [2.45, 2.75) is 7.98 Å². The SMILES string of the molecule is BrC(Br)(Br)Br.C=CC. The molecular formula is C4H6Br4. The zero-order valence-corrected chi connectivity index (χ0v) is 10.6. The van der Waals surface area contributed by atoms with Gasteiger partial charge in [-0.15, -0.1) is 6.58 Å². The molecule has 0 atom stereocenters. The van der Waals surface area contributed by atoms with Crippen molar-refractivity contribution in [1.29, 1.82) is 0 Å². The van der Waals surface area contributed by atoms with E-state index in [2.05, 4.69) is 70.3 Å². The minimum Gasteiger partial charge on any atom is -0.103 e. The minimum atomic E-state index is -0.250. The van der Waals surface area contributed by atoms with Gasteiger partial charge in [0.25, 0.3) is 0 Å². The molecule has 4 heteroatoms. The summed E-state index contributed by atoms with van der Waals surface area (Å²) >= 11 is 12.5. The molecule has 0 aliphatic carbocycles. The van der Waals surface area contributed by atoms with Crippen LogP contribution in [0.5, 0.6) is 0 Å². The molecule has 0 unspecified atom stereocenters. The Morgan fingerprint density at radius 1 is 1.25 bits per heavy atom. The normalized spacial score (nSPS) is 9.12. The summed E-state index contributed by atoms with van der Waals surface area (Å²) in [4.78, 5) is 0. The lowest BCUT2D eigenvalue weighted by atomic mass is 10.8. The van der Waals surface area contributed by atoms with Gasteiger partial charge in [-0.3, -0.25) is 0 Å². The molecule has 0 aliphatic heterocycles. The van der Waals surface area contributed by atoms with E-state index in [0.717, 1.165) is 0 Å². The van der Waals surface area contributed by atoms with Crippen molar-refractivity contribution >= 4 is 63.7 Å². The fraction of sp³-hybridized carbons (Fsp3) is 0.500. The molecule has 0 amide bonds. The molecule has 0 bridgehead atoms. The quantitative estimate of drug-likeness (QED) is 0.437. The second kappa shape index (κ2) is 6.78. The molecule has 50 valence electrons. The maximum atomic E-state index is 3.36. The van der Waals surface area contributed by atoms with Crippen LogP contribution in [0.3, 0.4) is 0 Å². The third-order valence-corrected chi connectivity index (χ3v) is 0. The lowest BCUT2D eigenvalue weighted by molar-refractivity contribution is 1.80. The molecular weight excluding hydrogens is 368 g/mol. The van der Waals surface area contributed by atoms with Crippen LogP contribution >= 0.6 is 63.7 Å². The number of allylic oxidation sites excluding steroid dienone is 1. The first-order chi connectivity index (χ1) is 3.41. The molecule has 0 saturated heterocycles. The van der Waals surface area contributed by atoms with E-state index in [9.17, 15) is 0 Å². The smallest absolute Gasteiger partial charge is 0.103 e. The largest absolute Gasteiger partial charge is 0.189 e. The van der Waals surface area contributed by atoms with Crippen molar-refractivity contribution in [3.8, 4) is 0 Å². The highest BCUT2D eigenvalue weighted by Gasteiger charge is 2.08. The molecule has 0 nitrogen and oxygen atoms in total. The van der Waals surface area contributed by atoms with Crippen molar-refractivity contribution in [3.63, 3.8) is 0 Å². The number of rotatable bonds is 0. The average Bonchev–Trinajstić information content (AvgIpc) is 1.27. The Hall–Kier alpha value is 1.66. The molecule has 0 N–H and O–H groups in total. The molecule has 0 aliphatic rings. The van der Waals surface area contributed by atoms with E-state index in [-0.39, 0.29) is 1.05 Å². The van der Waals surface area contributed by atoms with Crippen LogP contribution in [-0.4, -0.2) is 1.05 Å². The van der Waals surface area contributed by atoms with Crippen molar-refractivity contribution < 1.29 is 0 Å². The summed E-state index contributed by atoms with van der Waals surface area (Å²) < 4.78 is -0.250. The summed E-state index contributed by atoms with van der Waals surface area (Å²) in [7, 11) is 0. The van der Waals surface area contributed by atoms with Crippen LogP contribution in [0.2, 0.25) is 0 Å². The molecule has 0 aromatic carbocycles. The van der Waals surface area contributed by atoms with Gasteiger partial charge in [0.2, 0.25) is 0 Å². The Morgan fingerprint density at radius 2 is 1.25 bits per heavy atom. The molecule has 0 fully saturated rings. The number of halogens is 4. The first-order valence-corrected chi connectivity index (χ1v) is 4.91. The average molecular weight is 374 g/mol. The van der Waals surface area contributed by atoms with Crippen molar-refractivity contribution in [2.75, 3.05) is 0 Å². The summed E-state index contributed by atoms with van der Waals surface area (Å²) in [6.45, 7) is 5.25. The van der Waals surface area contributed by atoms with Crippen LogP contribution in [0.25, 0.3) is 0 Å². The van der Waals surface area contributed by atoms with Crippen LogP contribution < -0.4 is 0 Å². The Labute approximate surface area is 83.6 Å². The molecule has 0 aromatic rings. The molecule has 8 heavy (non-hydrogen) atoms. The predicted octanol–water partition coefficient (Wildman–Crippen LogP) is 4.37. The van der Waals surface area contributed by atoms with Gasteiger partial charge in [0.05, 0.1) is 0 Å². The van der Waals surface area contributed by atoms with Gasteiger partial charge in [-0.25, -0.2) is 0 Å². The molecule has 0 rings (SSSR count). The van der Waals surface area contributed by atoms with E-state index < -0.39 is 0 Å². The zero-order valence-electron chi connectivity index (χ0n) is 4.30. The van der Waals surface area contributed by atoms with E-state index in [1.54, 1.807) is 6.08 Å². The van der Waals surface area contributed by atoms with Crippen LogP contribution in [0, 0.1) is 0 Å². The van der Waals surface area contributed by atoms with Crippen LogP contribution in [0.4, 0.5) is 0 Å². The lowest BCUT2D eigenvalue weighted by Gasteiger charge is -1.93. The first kappa shape index (κ1) is 12.3. The van der Waals surface area contributed by atoms with Gasteiger partial charge in [0, 0.05) is 0 Å². The van der Waals surface area contributed by atoms with Crippen LogP contribution in [0.15, 0.2) is 12.7 Å². The van der Waals surface area contributed by atoms with Crippen molar-refractivity contribution in [1.82, 2.24) is 0 Å². The molecule has 0 radical (unpaired) electrons. The number of alkyl halides is 4. The number of hydrogen-bond acceptors (Lipinski definition) is 0. The molecule has 0 heterocycles. The first-order valence-electron chi connectivity index (χ1n) is 1.74. The Balaban J connectivity index is 0. The van der Waals surface area contributed by atoms with E-state index in [0.29, 0.717) is 0 Å². The van der Waals surface area contributed by atoms with Gasteiger partial charge in [-0.05, 0) is 70.6 Å². The van der Waals surface area contributed by atoms with Crippen molar-refractivity contribution in [3.05, 3.63) is 12.7 Å². The summed E-state index contributed by atoms with van der Waals surface area (Å²) in [5.41, 5.74) is 0. The highest BCUT2D eigenvalue weighted by atomic mass is 80.0. The second-order valence-corrected chi connectivity index (χ2v) is 12.0. The fourth-order valence-electron chi connectivity index (χ4n) is 0. The molecule has 0 saturated carbocycles. The Kier molecular flexibility index (Phi) is 10.5. The maximum absolute atomic E-state index is 3.36. The van der Waals surface area contributed by atoms with Gasteiger partial charge < -0.3 is 0 Å². The summed E-state index contributed by atoms with van der Waals surface area (Å²) in [5, 5.41) is 0. The standard InChI is InChI=1S/C3H6.CBr4/c1-3-2;2-1(3,4)5/h3H,1H2,2H3;. The van der Waals surface area contributed by atoms with Crippen LogP contribution in [0.1, 0.15) is 6.92 Å². The highest BCUT2D eigenvalue weighted by Crippen LogP contribution is 2.39. The van der Waals surface area contributed by atoms with Crippen LogP contribution in [-0.2, 0) is 0 Å². The van der Waals surface area contributed by atoms with E-state index in [4.69, 9.17) is 0 Å². The minimum absolute atomic E-state index is 0.250. The zero-order chi connectivity index (χ0) is 7.21. The summed E-state index contributed by atoms with van der Waals surface area (Å²) in [6, 6.07) is 0.